The van der Waals surface area contributed by atoms with E-state index >= 15 is 0 Å². The van der Waals surface area contributed by atoms with Crippen molar-refractivity contribution in [3.8, 4) is 5.75 Å². The molecule has 0 saturated heterocycles. The van der Waals surface area contributed by atoms with E-state index < -0.39 is 0 Å². The van der Waals surface area contributed by atoms with Crippen LogP contribution in [0.15, 0.2) is 24.4 Å². The highest BCUT2D eigenvalue weighted by molar-refractivity contribution is 5.79. The molecule has 1 N–H and O–H groups in total. The van der Waals surface area contributed by atoms with Crippen LogP contribution in [0.4, 0.5) is 0 Å². The zero-order valence-corrected chi connectivity index (χ0v) is 9.18. The van der Waals surface area contributed by atoms with Gasteiger partial charge in [-0.2, -0.15) is 0 Å². The number of aliphatic hydroxyl groups excluding tert-OH is 1. The fraction of sp³-hybridized carbons (Fsp3) is 0.333. The van der Waals surface area contributed by atoms with Crippen LogP contribution in [-0.4, -0.2) is 28.8 Å². The van der Waals surface area contributed by atoms with Crippen molar-refractivity contribution in [2.45, 2.75) is 12.8 Å². The van der Waals surface area contributed by atoms with Gasteiger partial charge in [-0.25, -0.2) is 9.97 Å². The Morgan fingerprint density at radius 3 is 3.00 bits per heavy atom. The van der Waals surface area contributed by atoms with Gasteiger partial charge in [-0.1, -0.05) is 0 Å². The van der Waals surface area contributed by atoms with Crippen LogP contribution in [0.25, 0.3) is 10.9 Å². The Bertz CT molecular complexity index is 485. The van der Waals surface area contributed by atoms with Crippen LogP contribution in [0.2, 0.25) is 0 Å². The molecule has 2 aromatic rings. The van der Waals surface area contributed by atoms with Gasteiger partial charge in [-0.3, -0.25) is 0 Å². The molecule has 1 aromatic heterocycles. The van der Waals surface area contributed by atoms with E-state index in [4.69, 9.17) is 9.84 Å². The second kappa shape index (κ2) is 4.90. The summed E-state index contributed by atoms with van der Waals surface area (Å²) in [6, 6.07) is 5.70. The van der Waals surface area contributed by atoms with Crippen molar-refractivity contribution in [1.29, 1.82) is 0 Å². The van der Waals surface area contributed by atoms with Crippen LogP contribution in [-0.2, 0) is 6.42 Å². The molecule has 0 spiro atoms. The summed E-state index contributed by atoms with van der Waals surface area (Å²) in [5, 5.41) is 9.70. The van der Waals surface area contributed by atoms with Gasteiger partial charge in [0.2, 0.25) is 0 Å². The van der Waals surface area contributed by atoms with E-state index in [1.165, 1.54) is 0 Å². The molecular weight excluding hydrogens is 204 g/mol. The van der Waals surface area contributed by atoms with Crippen molar-refractivity contribution >= 4 is 10.9 Å². The van der Waals surface area contributed by atoms with Crippen molar-refractivity contribution in [3.63, 3.8) is 0 Å². The van der Waals surface area contributed by atoms with Crippen LogP contribution in [0.1, 0.15) is 12.2 Å². The molecule has 1 aromatic carbocycles. The predicted molar refractivity (Wildman–Crippen MR) is 61.5 cm³/mol. The molecule has 1 heterocycles. The highest BCUT2D eigenvalue weighted by atomic mass is 16.5. The number of methoxy groups -OCH3 is 1. The fourth-order valence-electron chi connectivity index (χ4n) is 1.53. The van der Waals surface area contributed by atoms with Gasteiger partial charge in [-0.15, -0.1) is 0 Å². The van der Waals surface area contributed by atoms with Crippen molar-refractivity contribution in [2.75, 3.05) is 13.7 Å². The Kier molecular flexibility index (Phi) is 3.31. The summed E-state index contributed by atoms with van der Waals surface area (Å²) in [6.45, 7) is 0.171. The molecule has 0 amide bonds. The lowest BCUT2D eigenvalue weighted by atomic mass is 10.2. The zero-order chi connectivity index (χ0) is 11.4. The normalized spacial score (nSPS) is 10.6. The quantitative estimate of drug-likeness (QED) is 0.846. The third kappa shape index (κ3) is 2.28. The monoisotopic (exact) mass is 218 g/mol. The first-order valence-electron chi connectivity index (χ1n) is 5.24. The lowest BCUT2D eigenvalue weighted by Gasteiger charge is -2.03. The molecule has 2 rings (SSSR count). The maximum atomic E-state index is 8.74. The Labute approximate surface area is 93.9 Å². The molecule has 4 heteroatoms. The molecule has 0 bridgehead atoms. The van der Waals surface area contributed by atoms with E-state index in [-0.39, 0.29) is 6.61 Å². The Morgan fingerprint density at radius 2 is 2.25 bits per heavy atom. The summed E-state index contributed by atoms with van der Waals surface area (Å²) in [5.74, 6) is 1.57. The SMILES string of the molecule is COc1ccc2nc(CCCO)ncc2c1. The lowest BCUT2D eigenvalue weighted by Crippen LogP contribution is -1.97. The van der Waals surface area contributed by atoms with Gasteiger partial charge in [-0.05, 0) is 24.6 Å². The molecule has 0 atom stereocenters. The second-order valence-corrected chi connectivity index (χ2v) is 3.54. The summed E-state index contributed by atoms with van der Waals surface area (Å²) in [6.07, 6.45) is 3.19. The van der Waals surface area contributed by atoms with Crippen LogP contribution in [0.5, 0.6) is 5.75 Å². The van der Waals surface area contributed by atoms with E-state index in [1.807, 2.05) is 18.2 Å². The first-order valence-corrected chi connectivity index (χ1v) is 5.24. The summed E-state index contributed by atoms with van der Waals surface area (Å²) in [4.78, 5) is 8.65. The molecule has 4 nitrogen and oxygen atoms in total. The van der Waals surface area contributed by atoms with Crippen molar-refractivity contribution < 1.29 is 9.84 Å². The van der Waals surface area contributed by atoms with E-state index in [9.17, 15) is 0 Å². The largest absolute Gasteiger partial charge is 0.497 e. The molecule has 0 radical (unpaired) electrons. The fourth-order valence-corrected chi connectivity index (χ4v) is 1.53. The number of ether oxygens (including phenoxy) is 1. The minimum Gasteiger partial charge on any atom is -0.497 e. The number of hydrogen-bond donors (Lipinski definition) is 1. The number of rotatable bonds is 4. The van der Waals surface area contributed by atoms with Gasteiger partial charge in [0, 0.05) is 24.6 Å². The third-order valence-corrected chi connectivity index (χ3v) is 2.40. The van der Waals surface area contributed by atoms with Crippen LogP contribution in [0.3, 0.4) is 0 Å². The Hall–Kier alpha value is -1.68. The van der Waals surface area contributed by atoms with Gasteiger partial charge < -0.3 is 9.84 Å². The second-order valence-electron chi connectivity index (χ2n) is 3.54. The zero-order valence-electron chi connectivity index (χ0n) is 9.18. The minimum absolute atomic E-state index is 0.171. The van der Waals surface area contributed by atoms with E-state index in [0.29, 0.717) is 12.8 Å². The van der Waals surface area contributed by atoms with Gasteiger partial charge in [0.1, 0.15) is 11.6 Å². The summed E-state index contributed by atoms with van der Waals surface area (Å²) < 4.78 is 5.13. The van der Waals surface area contributed by atoms with Gasteiger partial charge in [0.15, 0.2) is 0 Å². The predicted octanol–water partition coefficient (Wildman–Crippen LogP) is 1.56. The van der Waals surface area contributed by atoms with Crippen LogP contribution < -0.4 is 4.74 Å². The molecule has 84 valence electrons. The summed E-state index contributed by atoms with van der Waals surface area (Å²) in [7, 11) is 1.64. The first kappa shape index (κ1) is 10.8. The van der Waals surface area contributed by atoms with Crippen molar-refractivity contribution in [2.24, 2.45) is 0 Å². The van der Waals surface area contributed by atoms with Gasteiger partial charge in [0.05, 0.1) is 12.6 Å². The molecule has 0 aliphatic heterocycles. The lowest BCUT2D eigenvalue weighted by molar-refractivity contribution is 0.287. The van der Waals surface area contributed by atoms with E-state index in [1.54, 1.807) is 13.3 Å². The molecule has 0 aliphatic rings. The molecule has 0 fully saturated rings. The smallest absolute Gasteiger partial charge is 0.129 e. The minimum atomic E-state index is 0.171. The van der Waals surface area contributed by atoms with Gasteiger partial charge >= 0.3 is 0 Å². The number of benzene rings is 1. The average Bonchev–Trinajstić information content (AvgIpc) is 2.35. The van der Waals surface area contributed by atoms with E-state index in [2.05, 4.69) is 9.97 Å². The van der Waals surface area contributed by atoms with E-state index in [0.717, 1.165) is 22.5 Å². The third-order valence-electron chi connectivity index (χ3n) is 2.40. The summed E-state index contributed by atoms with van der Waals surface area (Å²) >= 11 is 0. The maximum absolute atomic E-state index is 8.74. The number of aliphatic hydroxyl groups is 1. The Morgan fingerprint density at radius 1 is 1.38 bits per heavy atom. The van der Waals surface area contributed by atoms with Gasteiger partial charge in [0.25, 0.3) is 0 Å². The summed E-state index contributed by atoms with van der Waals surface area (Å²) in [5.41, 5.74) is 0.906. The molecule has 16 heavy (non-hydrogen) atoms. The van der Waals surface area contributed by atoms with Crippen molar-refractivity contribution in [1.82, 2.24) is 9.97 Å². The Balaban J connectivity index is 2.32. The number of aromatic nitrogens is 2. The number of fused-ring (bicyclic) bond motifs is 1. The molecule has 0 unspecified atom stereocenters. The molecule has 0 aliphatic carbocycles. The van der Waals surface area contributed by atoms with Crippen molar-refractivity contribution in [3.05, 3.63) is 30.2 Å². The maximum Gasteiger partial charge on any atom is 0.129 e. The topological polar surface area (TPSA) is 55.2 Å². The van der Waals surface area contributed by atoms with Crippen LogP contribution >= 0.6 is 0 Å². The first-order chi connectivity index (χ1) is 7.83. The highest BCUT2D eigenvalue weighted by Gasteiger charge is 2.01. The standard InChI is InChI=1S/C12H14N2O2/c1-16-10-4-5-11-9(7-10)8-13-12(14-11)3-2-6-15/h4-5,7-8,15H,2-3,6H2,1H3. The number of aryl methyl sites for hydroxylation is 1. The molecule has 0 saturated carbocycles. The molecular formula is C12H14N2O2. The number of nitrogens with zero attached hydrogens (tertiary/aromatic N) is 2. The number of hydrogen-bond acceptors (Lipinski definition) is 4. The highest BCUT2D eigenvalue weighted by Crippen LogP contribution is 2.18. The van der Waals surface area contributed by atoms with Crippen LogP contribution in [0, 0.1) is 0 Å². The average molecular weight is 218 g/mol.